The van der Waals surface area contributed by atoms with Gasteiger partial charge in [-0.25, -0.2) is 14.2 Å². The van der Waals surface area contributed by atoms with Crippen LogP contribution >= 0.6 is 11.6 Å². The first-order valence-electron chi connectivity index (χ1n) is 13.4. The molecular weight excluding hydrogens is 586 g/mol. The number of rotatable bonds is 13. The molecule has 1 unspecified atom stereocenters. The van der Waals surface area contributed by atoms with Gasteiger partial charge in [0.2, 0.25) is 5.75 Å². The summed E-state index contributed by atoms with van der Waals surface area (Å²) in [6, 6.07) is 7.08. The molecule has 3 rings (SSSR count). The van der Waals surface area contributed by atoms with E-state index in [0.717, 1.165) is 11.1 Å². The van der Waals surface area contributed by atoms with Gasteiger partial charge in [0.25, 0.3) is 0 Å². The maximum Gasteiger partial charge on any atom is 0.208 e. The van der Waals surface area contributed by atoms with Crippen LogP contribution in [0.2, 0.25) is 5.15 Å². The summed E-state index contributed by atoms with van der Waals surface area (Å²) in [4.78, 5) is 9.80. The molecule has 0 aliphatic rings. The van der Waals surface area contributed by atoms with Crippen LogP contribution in [0.1, 0.15) is 53.2 Å². The molecule has 0 saturated carbocycles. The van der Waals surface area contributed by atoms with Gasteiger partial charge in [-0.15, -0.1) is 10.2 Å². The third kappa shape index (κ3) is 8.82. The van der Waals surface area contributed by atoms with E-state index in [9.17, 15) is 4.21 Å². The van der Waals surface area contributed by atoms with E-state index in [2.05, 4.69) is 50.8 Å². The molecule has 1 aromatic carbocycles. The van der Waals surface area contributed by atoms with Crippen LogP contribution in [0.4, 0.5) is 5.82 Å². The molecule has 0 amide bonds. The summed E-state index contributed by atoms with van der Waals surface area (Å²) in [6.07, 6.45) is 10.9. The van der Waals surface area contributed by atoms with Crippen LogP contribution in [0, 0.1) is 5.92 Å². The van der Waals surface area contributed by atoms with E-state index in [1.54, 1.807) is 36.4 Å². The second kappa shape index (κ2) is 15.8. The minimum atomic E-state index is -1.75. The number of aromatic nitrogens is 6. The molecule has 10 nitrogen and oxygen atoms in total. The number of hydrogen-bond donors (Lipinski definition) is 2. The summed E-state index contributed by atoms with van der Waals surface area (Å²) in [6.45, 7) is 15.6. The van der Waals surface area contributed by atoms with Crippen molar-refractivity contribution in [2.24, 2.45) is 5.92 Å². The van der Waals surface area contributed by atoms with Gasteiger partial charge in [0.15, 0.2) is 45.1 Å². The Bertz CT molecular complexity index is 1620. The van der Waals surface area contributed by atoms with Crippen molar-refractivity contribution in [1.29, 1.82) is 0 Å². The first-order valence-corrected chi connectivity index (χ1v) is 15.0. The molecule has 43 heavy (non-hydrogen) atoms. The SMILES string of the molecule is C=C/C=C(\C=C(/C)c1nn[nH]n1)c1nc(Cl)c(Oc2ccccc2OC)c(NS(=O)C(/C=C\C(=C/C)C(C)C)=C(C)C)n1. The number of nitrogens with one attached hydrogen (secondary N) is 2. The van der Waals surface area contributed by atoms with Crippen molar-refractivity contribution in [3.63, 3.8) is 0 Å². The highest BCUT2D eigenvalue weighted by Crippen LogP contribution is 2.39. The van der Waals surface area contributed by atoms with Gasteiger partial charge in [-0.3, -0.25) is 4.72 Å². The van der Waals surface area contributed by atoms with Crippen molar-refractivity contribution >= 4 is 39.6 Å². The van der Waals surface area contributed by atoms with E-state index in [0.29, 0.717) is 39.3 Å². The zero-order valence-corrected chi connectivity index (χ0v) is 26.9. The minimum Gasteiger partial charge on any atom is -0.493 e. The second-order valence-corrected chi connectivity index (χ2v) is 11.2. The molecule has 0 saturated heterocycles. The number of anilines is 1. The lowest BCUT2D eigenvalue weighted by Gasteiger charge is -2.17. The fraction of sp³-hybridized carbons (Fsp3) is 0.258. The average molecular weight is 622 g/mol. The van der Waals surface area contributed by atoms with Crippen LogP contribution in [0.3, 0.4) is 0 Å². The highest BCUT2D eigenvalue weighted by atomic mass is 35.5. The smallest absolute Gasteiger partial charge is 0.208 e. The Morgan fingerprint density at radius 3 is 2.42 bits per heavy atom. The second-order valence-electron chi connectivity index (χ2n) is 9.70. The Balaban J connectivity index is 2.15. The first-order chi connectivity index (χ1) is 20.6. The van der Waals surface area contributed by atoms with Gasteiger partial charge in [0, 0.05) is 5.57 Å². The molecule has 3 aromatic rings. The van der Waals surface area contributed by atoms with E-state index in [1.165, 1.54) is 7.11 Å². The average Bonchev–Trinajstić information content (AvgIpc) is 3.52. The van der Waals surface area contributed by atoms with E-state index < -0.39 is 11.0 Å². The van der Waals surface area contributed by atoms with Crippen molar-refractivity contribution in [3.05, 3.63) is 100 Å². The number of ether oxygens (including phenoxy) is 2. The molecule has 226 valence electrons. The lowest BCUT2D eigenvalue weighted by atomic mass is 10.0. The Kier molecular flexibility index (Phi) is 12.2. The number of hydrogen-bond acceptors (Lipinski definition) is 8. The fourth-order valence-electron chi connectivity index (χ4n) is 3.82. The maximum absolute atomic E-state index is 13.8. The van der Waals surface area contributed by atoms with Crippen LogP contribution < -0.4 is 14.2 Å². The van der Waals surface area contributed by atoms with Crippen LogP contribution in [0.15, 0.2) is 83.4 Å². The summed E-state index contributed by atoms with van der Waals surface area (Å²) in [7, 11) is -0.213. The van der Waals surface area contributed by atoms with Crippen molar-refractivity contribution in [1.82, 2.24) is 30.6 Å². The number of H-pyrrole nitrogens is 1. The number of benzene rings is 1. The quantitative estimate of drug-likeness (QED) is 0.147. The third-order valence-corrected chi connectivity index (χ3v) is 7.62. The van der Waals surface area contributed by atoms with Crippen molar-refractivity contribution in [2.75, 3.05) is 11.8 Å². The monoisotopic (exact) mass is 621 g/mol. The molecule has 0 fully saturated rings. The fourth-order valence-corrected chi connectivity index (χ4v) is 5.01. The topological polar surface area (TPSA) is 128 Å². The van der Waals surface area contributed by atoms with Crippen LogP contribution in [-0.2, 0) is 11.0 Å². The number of allylic oxidation sites excluding steroid dienone is 10. The Labute approximate surface area is 260 Å². The Morgan fingerprint density at radius 2 is 1.84 bits per heavy atom. The number of aromatic amines is 1. The maximum atomic E-state index is 13.8. The highest BCUT2D eigenvalue weighted by Gasteiger charge is 2.21. The molecule has 0 aliphatic carbocycles. The van der Waals surface area contributed by atoms with Gasteiger partial charge in [-0.05, 0) is 74.3 Å². The zero-order valence-electron chi connectivity index (χ0n) is 25.3. The van der Waals surface area contributed by atoms with E-state index in [-0.39, 0.29) is 22.5 Å². The summed E-state index contributed by atoms with van der Waals surface area (Å²) in [5, 5.41) is 14.1. The van der Waals surface area contributed by atoms with Crippen LogP contribution in [-0.4, -0.2) is 41.9 Å². The standard InChI is InChI=1S/C31H36ClN7O3S/c1-9-13-23(18-21(7)29-35-38-39-36-29)30-33-28(32)27(42-25-15-12-11-14-24(25)41-8)31(34-30)37-43(40)26(20(5)6)17-16-22(10-2)19(3)4/h9-19H,1H2,2-8H3,(H,33,34,37)(H,35,36,38,39)/b17-16-,21-18+,22-10+,23-13+. The Hall–Kier alpha value is -4.35. The van der Waals surface area contributed by atoms with Gasteiger partial charge in [0.05, 0.1) is 12.0 Å². The van der Waals surface area contributed by atoms with E-state index >= 15 is 0 Å². The largest absolute Gasteiger partial charge is 0.493 e. The van der Waals surface area contributed by atoms with Crippen LogP contribution in [0.25, 0.3) is 11.1 Å². The molecule has 0 radical (unpaired) electrons. The molecule has 12 heteroatoms. The lowest BCUT2D eigenvalue weighted by Crippen LogP contribution is -2.12. The van der Waals surface area contributed by atoms with Gasteiger partial charge >= 0.3 is 0 Å². The molecule has 0 bridgehead atoms. The summed E-state index contributed by atoms with van der Waals surface area (Å²) in [5.41, 5.74) is 3.22. The Morgan fingerprint density at radius 1 is 1.12 bits per heavy atom. The predicted molar refractivity (Wildman–Crippen MR) is 174 cm³/mol. The lowest BCUT2D eigenvalue weighted by molar-refractivity contribution is 0.378. The summed E-state index contributed by atoms with van der Waals surface area (Å²) >= 11 is 6.74. The number of halogens is 1. The molecule has 0 aliphatic heterocycles. The predicted octanol–water partition coefficient (Wildman–Crippen LogP) is 7.64. The van der Waals surface area contributed by atoms with E-state index in [1.807, 2.05) is 52.0 Å². The zero-order chi connectivity index (χ0) is 31.5. The molecule has 1 atom stereocenters. The molecule has 2 aromatic heterocycles. The highest BCUT2D eigenvalue weighted by molar-refractivity contribution is 7.90. The van der Waals surface area contributed by atoms with Crippen molar-refractivity contribution in [2.45, 2.75) is 41.5 Å². The molecule has 0 spiro atoms. The van der Waals surface area contributed by atoms with Gasteiger partial charge in [0.1, 0.15) is 0 Å². The normalized spacial score (nSPS) is 13.3. The minimum absolute atomic E-state index is 0.0127. The summed E-state index contributed by atoms with van der Waals surface area (Å²) < 4.78 is 28.5. The number of para-hydroxylation sites is 2. The van der Waals surface area contributed by atoms with Crippen LogP contribution in [0.5, 0.6) is 17.2 Å². The van der Waals surface area contributed by atoms with Gasteiger partial charge in [-0.2, -0.15) is 5.21 Å². The molecular formula is C31H36ClN7O3S. The molecule has 2 heterocycles. The first kappa shape index (κ1) is 33.2. The number of methoxy groups -OCH3 is 1. The number of nitrogens with zero attached hydrogens (tertiary/aromatic N) is 5. The van der Waals surface area contributed by atoms with Gasteiger partial charge < -0.3 is 9.47 Å². The van der Waals surface area contributed by atoms with Gasteiger partial charge in [-0.1, -0.05) is 74.0 Å². The van der Waals surface area contributed by atoms with Crippen molar-refractivity contribution in [3.8, 4) is 17.2 Å². The third-order valence-electron chi connectivity index (χ3n) is 6.04. The number of tetrazole rings is 1. The van der Waals surface area contributed by atoms with E-state index in [4.69, 9.17) is 26.1 Å². The summed E-state index contributed by atoms with van der Waals surface area (Å²) in [5.74, 6) is 1.98. The van der Waals surface area contributed by atoms with Crippen molar-refractivity contribution < 1.29 is 13.7 Å². The molecule has 2 N–H and O–H groups in total.